The maximum Gasteiger partial charge on any atom is 0.414 e. The Bertz CT molecular complexity index is 352. The summed E-state index contributed by atoms with van der Waals surface area (Å²) in [5.74, 6) is -0.785. The summed E-state index contributed by atoms with van der Waals surface area (Å²) in [5, 5.41) is 3.52. The number of aromatic nitrogens is 2. The lowest BCUT2D eigenvalue weighted by Crippen LogP contribution is -2.29. The number of aryl methyl sites for hydroxylation is 1. The first kappa shape index (κ1) is 11.9. The number of amides is 1. The molecule has 1 heterocycles. The van der Waals surface area contributed by atoms with Gasteiger partial charge < -0.3 is 0 Å². The molecule has 0 aliphatic heterocycles. The van der Waals surface area contributed by atoms with Crippen LogP contribution in [0, 0.1) is 6.92 Å². The topological polar surface area (TPSA) is 64.1 Å². The lowest BCUT2D eigenvalue weighted by Gasteiger charge is -2.07. The van der Waals surface area contributed by atoms with E-state index in [1.807, 2.05) is 0 Å². The third-order valence-electron chi connectivity index (χ3n) is 1.26. The summed E-state index contributed by atoms with van der Waals surface area (Å²) in [4.78, 5) is 15.2. The number of nitrogens with one attached hydrogen (secondary N) is 1. The smallest absolute Gasteiger partial charge is 0.266 e. The van der Waals surface area contributed by atoms with E-state index in [0.29, 0.717) is 5.69 Å². The van der Waals surface area contributed by atoms with Gasteiger partial charge in [0.15, 0.2) is 6.61 Å². The maximum absolute atomic E-state index is 11.6. The van der Waals surface area contributed by atoms with E-state index in [-0.39, 0.29) is 4.88 Å². The van der Waals surface area contributed by atoms with E-state index in [9.17, 15) is 18.0 Å². The zero-order valence-corrected chi connectivity index (χ0v) is 8.28. The second-order valence-corrected chi connectivity index (χ2v) is 3.28. The van der Waals surface area contributed by atoms with Crippen LogP contribution in [0.2, 0.25) is 0 Å². The summed E-state index contributed by atoms with van der Waals surface area (Å²) >= 11 is 0.781. The van der Waals surface area contributed by atoms with Crippen LogP contribution in [0.1, 0.15) is 15.4 Å². The molecule has 9 heteroatoms. The van der Waals surface area contributed by atoms with Crippen molar-refractivity contribution in [3.63, 3.8) is 0 Å². The Hall–Kier alpha value is -1.22. The van der Waals surface area contributed by atoms with Crippen molar-refractivity contribution >= 4 is 17.4 Å². The molecule has 5 nitrogen and oxygen atoms in total. The van der Waals surface area contributed by atoms with Crippen molar-refractivity contribution in [1.29, 1.82) is 0 Å². The molecule has 1 aromatic heterocycles. The van der Waals surface area contributed by atoms with Crippen LogP contribution >= 0.6 is 11.5 Å². The highest BCUT2D eigenvalue weighted by Crippen LogP contribution is 2.14. The van der Waals surface area contributed by atoms with E-state index in [2.05, 4.69) is 14.4 Å². The minimum atomic E-state index is -4.48. The summed E-state index contributed by atoms with van der Waals surface area (Å²) in [7, 11) is 0. The fourth-order valence-electron chi connectivity index (χ4n) is 0.670. The average molecular weight is 241 g/mol. The molecule has 0 saturated heterocycles. The Balaban J connectivity index is 2.41. The second-order valence-electron chi connectivity index (χ2n) is 2.52. The highest BCUT2D eigenvalue weighted by atomic mass is 32.1. The van der Waals surface area contributed by atoms with Gasteiger partial charge in [-0.25, -0.2) is 5.48 Å². The zero-order valence-electron chi connectivity index (χ0n) is 7.46. The standard InChI is InChI=1S/C6H6F3N3O2S/c1-3-4(15-12-10-3)5(13)11-14-2-6(7,8)9/h2H2,1H3,(H,11,13). The van der Waals surface area contributed by atoms with Crippen LogP contribution in [0.5, 0.6) is 0 Å². The summed E-state index contributed by atoms with van der Waals surface area (Å²) in [6.45, 7) is -0.0216. The minimum absolute atomic E-state index is 0.122. The molecule has 0 atom stereocenters. The number of hydroxylamine groups is 1. The molecule has 0 aliphatic carbocycles. The van der Waals surface area contributed by atoms with E-state index < -0.39 is 18.7 Å². The first-order valence-electron chi connectivity index (χ1n) is 3.68. The van der Waals surface area contributed by atoms with Gasteiger partial charge in [0.05, 0.1) is 5.69 Å². The Morgan fingerprint density at radius 3 is 2.73 bits per heavy atom. The molecule has 0 spiro atoms. The molecule has 0 unspecified atom stereocenters. The predicted octanol–water partition coefficient (Wildman–Crippen LogP) is 1.07. The van der Waals surface area contributed by atoms with Gasteiger partial charge in [-0.05, 0) is 18.5 Å². The highest BCUT2D eigenvalue weighted by molar-refractivity contribution is 7.07. The van der Waals surface area contributed by atoms with Crippen LogP contribution in [0.25, 0.3) is 0 Å². The van der Waals surface area contributed by atoms with Gasteiger partial charge >= 0.3 is 6.18 Å². The summed E-state index contributed by atoms with van der Waals surface area (Å²) in [6, 6.07) is 0. The van der Waals surface area contributed by atoms with E-state index in [1.165, 1.54) is 6.92 Å². The van der Waals surface area contributed by atoms with Crippen molar-refractivity contribution in [2.75, 3.05) is 6.61 Å². The van der Waals surface area contributed by atoms with Crippen molar-refractivity contribution < 1.29 is 22.8 Å². The largest absolute Gasteiger partial charge is 0.414 e. The molecule has 1 N–H and O–H groups in total. The van der Waals surface area contributed by atoms with Gasteiger partial charge in [0, 0.05) is 0 Å². The normalized spacial score (nSPS) is 11.5. The van der Waals surface area contributed by atoms with Gasteiger partial charge in [-0.1, -0.05) is 4.49 Å². The average Bonchev–Trinajstić information content (AvgIpc) is 2.48. The van der Waals surface area contributed by atoms with Crippen molar-refractivity contribution in [3.8, 4) is 0 Å². The highest BCUT2D eigenvalue weighted by Gasteiger charge is 2.28. The second kappa shape index (κ2) is 4.53. The van der Waals surface area contributed by atoms with Crippen LogP contribution in [-0.4, -0.2) is 28.3 Å². The first-order chi connectivity index (χ1) is 6.90. The number of carbonyl (C=O) groups excluding carboxylic acids is 1. The van der Waals surface area contributed by atoms with Gasteiger partial charge in [-0.3, -0.25) is 9.63 Å². The summed E-state index contributed by atoms with van der Waals surface area (Å²) in [6.07, 6.45) is -4.48. The molecular weight excluding hydrogens is 235 g/mol. The molecule has 0 aromatic carbocycles. The summed E-state index contributed by atoms with van der Waals surface area (Å²) in [5.41, 5.74) is 1.99. The van der Waals surface area contributed by atoms with E-state index in [1.54, 1.807) is 5.48 Å². The Kier molecular flexibility index (Phi) is 3.58. The molecular formula is C6H6F3N3O2S. The Labute approximate surface area is 86.4 Å². The lowest BCUT2D eigenvalue weighted by molar-refractivity contribution is -0.184. The molecule has 1 amide bonds. The van der Waals surface area contributed by atoms with Gasteiger partial charge in [-0.2, -0.15) is 13.2 Å². The molecule has 0 aliphatic rings. The number of hydrogen-bond acceptors (Lipinski definition) is 5. The first-order valence-corrected chi connectivity index (χ1v) is 4.45. The predicted molar refractivity (Wildman–Crippen MR) is 44.1 cm³/mol. The van der Waals surface area contributed by atoms with Crippen molar-refractivity contribution in [1.82, 2.24) is 15.1 Å². The Morgan fingerprint density at radius 1 is 1.60 bits per heavy atom. The number of rotatable bonds is 3. The fourth-order valence-corrected chi connectivity index (χ4v) is 1.21. The monoisotopic (exact) mass is 241 g/mol. The SMILES string of the molecule is Cc1nnsc1C(=O)NOCC(F)(F)F. The van der Waals surface area contributed by atoms with Crippen molar-refractivity contribution in [2.24, 2.45) is 0 Å². The molecule has 0 radical (unpaired) electrons. The maximum atomic E-state index is 11.6. The van der Waals surface area contributed by atoms with Crippen LogP contribution in [0.15, 0.2) is 0 Å². The number of nitrogens with zero attached hydrogens (tertiary/aromatic N) is 2. The number of alkyl halides is 3. The quantitative estimate of drug-likeness (QED) is 0.804. The van der Waals surface area contributed by atoms with Crippen LogP contribution in [0.3, 0.4) is 0 Å². The third kappa shape index (κ3) is 3.80. The fraction of sp³-hybridized carbons (Fsp3) is 0.500. The molecule has 0 fully saturated rings. The zero-order chi connectivity index (χ0) is 11.5. The van der Waals surface area contributed by atoms with Crippen LogP contribution < -0.4 is 5.48 Å². The van der Waals surface area contributed by atoms with Crippen LogP contribution in [0.4, 0.5) is 13.2 Å². The minimum Gasteiger partial charge on any atom is -0.266 e. The number of hydrogen-bond donors (Lipinski definition) is 1. The lowest BCUT2D eigenvalue weighted by atomic mass is 10.4. The number of halogens is 3. The van der Waals surface area contributed by atoms with E-state index in [0.717, 1.165) is 11.5 Å². The third-order valence-corrected chi connectivity index (χ3v) is 2.09. The van der Waals surface area contributed by atoms with Gasteiger partial charge in [0.25, 0.3) is 5.91 Å². The van der Waals surface area contributed by atoms with Gasteiger partial charge in [-0.15, -0.1) is 5.10 Å². The van der Waals surface area contributed by atoms with Crippen molar-refractivity contribution in [2.45, 2.75) is 13.1 Å². The number of carbonyl (C=O) groups is 1. The van der Waals surface area contributed by atoms with Gasteiger partial charge in [0.2, 0.25) is 0 Å². The van der Waals surface area contributed by atoms with Gasteiger partial charge in [0.1, 0.15) is 4.88 Å². The van der Waals surface area contributed by atoms with Crippen LogP contribution in [-0.2, 0) is 4.84 Å². The molecule has 1 rings (SSSR count). The molecule has 15 heavy (non-hydrogen) atoms. The molecule has 1 aromatic rings. The summed E-state index contributed by atoms with van der Waals surface area (Å²) < 4.78 is 38.3. The molecule has 84 valence electrons. The Morgan fingerprint density at radius 2 is 2.27 bits per heavy atom. The molecule has 0 bridgehead atoms. The van der Waals surface area contributed by atoms with E-state index >= 15 is 0 Å². The van der Waals surface area contributed by atoms with E-state index in [4.69, 9.17) is 0 Å². The van der Waals surface area contributed by atoms with Crippen molar-refractivity contribution in [3.05, 3.63) is 10.6 Å². The molecule has 0 saturated carbocycles.